The molecule has 3 heteroatoms. The van der Waals surface area contributed by atoms with E-state index in [1.54, 1.807) is 0 Å². The largest absolute Gasteiger partial charge is 0.313 e. The summed E-state index contributed by atoms with van der Waals surface area (Å²) < 4.78 is 0. The van der Waals surface area contributed by atoms with E-state index in [2.05, 4.69) is 37.4 Å². The molecule has 90 valence electrons. The molecular weight excluding hydrogens is 238 g/mol. The van der Waals surface area contributed by atoms with Gasteiger partial charge in [-0.3, -0.25) is 0 Å². The van der Waals surface area contributed by atoms with Crippen LogP contribution in [0.4, 0.5) is 0 Å². The molecule has 0 radical (unpaired) electrons. The summed E-state index contributed by atoms with van der Waals surface area (Å²) in [6.45, 7) is 4.33. The van der Waals surface area contributed by atoms with Crippen molar-refractivity contribution < 1.29 is 0 Å². The number of nitrogens with one attached hydrogen (secondary N) is 1. The van der Waals surface area contributed by atoms with Crippen molar-refractivity contribution >= 4 is 23.4 Å². The quantitative estimate of drug-likeness (QED) is 0.594. The zero-order valence-corrected chi connectivity index (χ0v) is 11.8. The molecule has 0 saturated carbocycles. The Morgan fingerprint density at radius 2 is 2.19 bits per heavy atom. The second-order valence-electron chi connectivity index (χ2n) is 3.90. The molecule has 1 nitrogen and oxygen atoms in total. The lowest BCUT2D eigenvalue weighted by Gasteiger charge is -2.13. The number of hydrogen-bond acceptors (Lipinski definition) is 2. The van der Waals surface area contributed by atoms with Gasteiger partial charge in [0, 0.05) is 16.0 Å². The minimum atomic E-state index is 0.308. The Bertz CT molecular complexity index is 328. The Labute approximate surface area is 108 Å². The van der Waals surface area contributed by atoms with Gasteiger partial charge in [0.1, 0.15) is 0 Å². The van der Waals surface area contributed by atoms with Crippen molar-refractivity contribution in [3.05, 3.63) is 28.8 Å². The smallest absolute Gasteiger partial charge is 0.0464 e. The molecule has 0 heterocycles. The monoisotopic (exact) mass is 257 g/mol. The third kappa shape index (κ3) is 4.00. The molecule has 0 aromatic heterocycles. The Balaban J connectivity index is 2.67. The van der Waals surface area contributed by atoms with Crippen LogP contribution >= 0.6 is 23.4 Å². The first-order valence-corrected chi connectivity index (χ1v) is 7.15. The van der Waals surface area contributed by atoms with Crippen LogP contribution in [0.15, 0.2) is 23.1 Å². The van der Waals surface area contributed by atoms with Crippen molar-refractivity contribution in [2.75, 3.05) is 12.8 Å². The van der Waals surface area contributed by atoms with E-state index in [-0.39, 0.29) is 0 Å². The zero-order chi connectivity index (χ0) is 12.0. The van der Waals surface area contributed by atoms with Gasteiger partial charge < -0.3 is 5.32 Å². The predicted molar refractivity (Wildman–Crippen MR) is 74.6 cm³/mol. The second-order valence-corrected chi connectivity index (χ2v) is 5.47. The molecule has 0 spiro atoms. The van der Waals surface area contributed by atoms with Crippen LogP contribution in [0.1, 0.15) is 38.3 Å². The molecule has 0 fully saturated rings. The number of thioether (sulfide) groups is 1. The summed E-state index contributed by atoms with van der Waals surface area (Å²) in [4.78, 5) is 1.27. The highest BCUT2D eigenvalue weighted by Crippen LogP contribution is 2.28. The van der Waals surface area contributed by atoms with E-state index in [4.69, 9.17) is 11.6 Å². The average Bonchev–Trinajstić information content (AvgIpc) is 2.29. The van der Waals surface area contributed by atoms with E-state index < -0.39 is 0 Å². The van der Waals surface area contributed by atoms with Crippen molar-refractivity contribution in [3.63, 3.8) is 0 Å². The summed E-state index contributed by atoms with van der Waals surface area (Å²) >= 11 is 8.14. The third-order valence-electron chi connectivity index (χ3n) is 2.64. The van der Waals surface area contributed by atoms with Crippen LogP contribution < -0.4 is 5.32 Å². The highest BCUT2D eigenvalue weighted by atomic mass is 35.5. The fraction of sp³-hybridized carbons (Fsp3) is 0.538. The maximum absolute atomic E-state index is 6.26. The van der Waals surface area contributed by atoms with Crippen LogP contribution in [0, 0.1) is 0 Å². The first-order chi connectivity index (χ1) is 7.69. The number of unbranched alkanes of at least 4 members (excludes halogenated alkanes) is 1. The van der Waals surface area contributed by atoms with Gasteiger partial charge in [-0.15, -0.1) is 11.8 Å². The highest BCUT2D eigenvalue weighted by molar-refractivity contribution is 7.99. The molecule has 1 atom stereocenters. The van der Waals surface area contributed by atoms with Gasteiger partial charge in [-0.25, -0.2) is 0 Å². The van der Waals surface area contributed by atoms with Gasteiger partial charge >= 0.3 is 0 Å². The summed E-state index contributed by atoms with van der Waals surface area (Å²) in [5.41, 5.74) is 1.17. The van der Waals surface area contributed by atoms with E-state index in [1.165, 1.54) is 29.1 Å². The maximum Gasteiger partial charge on any atom is 0.0464 e. The van der Waals surface area contributed by atoms with Crippen LogP contribution in [0.5, 0.6) is 0 Å². The normalized spacial score (nSPS) is 12.8. The molecule has 16 heavy (non-hydrogen) atoms. The SMILES string of the molecule is CCCCSc1ccc(C(C)NC)c(Cl)c1. The van der Waals surface area contributed by atoms with Gasteiger partial charge in [0.15, 0.2) is 0 Å². The van der Waals surface area contributed by atoms with Crippen molar-refractivity contribution in [1.29, 1.82) is 0 Å². The standard InChI is InChI=1S/C13H20ClNS/c1-4-5-8-16-11-6-7-12(10(2)15-3)13(14)9-11/h6-7,9-10,15H,4-5,8H2,1-3H3. The van der Waals surface area contributed by atoms with E-state index in [9.17, 15) is 0 Å². The van der Waals surface area contributed by atoms with Gasteiger partial charge in [0.25, 0.3) is 0 Å². The van der Waals surface area contributed by atoms with Gasteiger partial charge in [0.2, 0.25) is 0 Å². The molecule has 0 bridgehead atoms. The topological polar surface area (TPSA) is 12.0 Å². The molecule has 0 amide bonds. The fourth-order valence-corrected chi connectivity index (χ4v) is 2.88. The van der Waals surface area contributed by atoms with Gasteiger partial charge in [0.05, 0.1) is 0 Å². The predicted octanol–water partition coefficient (Wildman–Crippen LogP) is 4.51. The minimum Gasteiger partial charge on any atom is -0.313 e. The number of hydrogen-bond donors (Lipinski definition) is 1. The molecule has 1 aromatic rings. The Morgan fingerprint density at radius 1 is 1.44 bits per heavy atom. The van der Waals surface area contributed by atoms with Gasteiger partial charge in [-0.1, -0.05) is 31.0 Å². The fourth-order valence-electron chi connectivity index (χ4n) is 1.44. The summed E-state index contributed by atoms with van der Waals surface area (Å²) in [5, 5.41) is 4.07. The van der Waals surface area contributed by atoms with Crippen molar-refractivity contribution in [1.82, 2.24) is 5.32 Å². The lowest BCUT2D eigenvalue weighted by molar-refractivity contribution is 0.652. The molecule has 1 unspecified atom stereocenters. The summed E-state index contributed by atoms with van der Waals surface area (Å²) in [6.07, 6.45) is 2.51. The van der Waals surface area contributed by atoms with Gasteiger partial charge in [-0.05, 0) is 43.8 Å². The van der Waals surface area contributed by atoms with Crippen molar-refractivity contribution in [3.8, 4) is 0 Å². The Kier molecular flexibility index (Phi) is 6.25. The van der Waals surface area contributed by atoms with Crippen molar-refractivity contribution in [2.45, 2.75) is 37.6 Å². The molecular formula is C13H20ClNS. The number of rotatable bonds is 6. The van der Waals surface area contributed by atoms with E-state index in [0.29, 0.717) is 6.04 Å². The Morgan fingerprint density at radius 3 is 2.75 bits per heavy atom. The molecule has 0 saturated heterocycles. The van der Waals surface area contributed by atoms with Crippen LogP contribution in [-0.4, -0.2) is 12.8 Å². The molecule has 0 aliphatic rings. The molecule has 0 aliphatic heterocycles. The maximum atomic E-state index is 6.26. The molecule has 1 aromatic carbocycles. The minimum absolute atomic E-state index is 0.308. The van der Waals surface area contributed by atoms with E-state index >= 15 is 0 Å². The van der Waals surface area contributed by atoms with Crippen LogP contribution in [0.2, 0.25) is 5.02 Å². The first-order valence-electron chi connectivity index (χ1n) is 5.78. The third-order valence-corrected chi connectivity index (χ3v) is 4.05. The lowest BCUT2D eigenvalue weighted by atomic mass is 10.1. The summed E-state index contributed by atoms with van der Waals surface area (Å²) in [6, 6.07) is 6.67. The van der Waals surface area contributed by atoms with Crippen molar-refractivity contribution in [2.24, 2.45) is 0 Å². The zero-order valence-electron chi connectivity index (χ0n) is 10.2. The van der Waals surface area contributed by atoms with E-state index in [1.807, 2.05) is 18.8 Å². The molecule has 0 aliphatic carbocycles. The van der Waals surface area contributed by atoms with Crippen LogP contribution in [0.25, 0.3) is 0 Å². The highest BCUT2D eigenvalue weighted by Gasteiger charge is 2.07. The van der Waals surface area contributed by atoms with Gasteiger partial charge in [-0.2, -0.15) is 0 Å². The molecule has 1 rings (SSSR count). The Hall–Kier alpha value is -0.180. The van der Waals surface area contributed by atoms with Crippen LogP contribution in [0.3, 0.4) is 0 Å². The summed E-state index contributed by atoms with van der Waals surface area (Å²) in [7, 11) is 1.95. The second kappa shape index (κ2) is 7.21. The van der Waals surface area contributed by atoms with Crippen LogP contribution in [-0.2, 0) is 0 Å². The first kappa shape index (κ1) is 13.9. The number of halogens is 1. The number of benzene rings is 1. The lowest BCUT2D eigenvalue weighted by Crippen LogP contribution is -2.12. The average molecular weight is 258 g/mol. The molecule has 1 N–H and O–H groups in total. The summed E-state index contributed by atoms with van der Waals surface area (Å²) in [5.74, 6) is 1.17. The van der Waals surface area contributed by atoms with E-state index in [0.717, 1.165) is 5.02 Å².